The van der Waals surface area contributed by atoms with Crippen LogP contribution in [0, 0.1) is 13.8 Å². The zero-order valence-electron chi connectivity index (χ0n) is 10.9. The SMILES string of the molecule is Cc1cc(C(=O)CN(C)c2ccccc2)c(C)s1. The number of carbonyl (C=O) groups is 1. The fraction of sp³-hybridized carbons (Fsp3) is 0.267. The van der Waals surface area contributed by atoms with Crippen LogP contribution in [-0.2, 0) is 0 Å². The summed E-state index contributed by atoms with van der Waals surface area (Å²) in [7, 11) is 1.95. The Bertz CT molecular complexity index is 545. The number of hydrogen-bond donors (Lipinski definition) is 0. The first-order chi connectivity index (χ1) is 8.58. The van der Waals surface area contributed by atoms with Crippen LogP contribution in [0.2, 0.25) is 0 Å². The zero-order chi connectivity index (χ0) is 13.1. The molecule has 0 aliphatic carbocycles. The first kappa shape index (κ1) is 12.8. The van der Waals surface area contributed by atoms with E-state index in [1.807, 2.05) is 62.2 Å². The maximum absolute atomic E-state index is 12.2. The van der Waals surface area contributed by atoms with E-state index in [4.69, 9.17) is 0 Å². The largest absolute Gasteiger partial charge is 0.367 e. The van der Waals surface area contributed by atoms with Crippen molar-refractivity contribution in [3.05, 3.63) is 51.7 Å². The molecule has 1 aromatic heterocycles. The number of carbonyl (C=O) groups excluding carboxylic acids is 1. The van der Waals surface area contributed by atoms with Gasteiger partial charge in [-0.05, 0) is 32.0 Å². The third kappa shape index (κ3) is 2.79. The summed E-state index contributed by atoms with van der Waals surface area (Å²) in [4.78, 5) is 16.5. The number of benzene rings is 1. The third-order valence-corrected chi connectivity index (χ3v) is 3.89. The van der Waals surface area contributed by atoms with Crippen LogP contribution in [0.1, 0.15) is 20.1 Å². The summed E-state index contributed by atoms with van der Waals surface area (Å²) >= 11 is 1.68. The minimum Gasteiger partial charge on any atom is -0.367 e. The van der Waals surface area contributed by atoms with E-state index in [0.29, 0.717) is 6.54 Å². The molecule has 0 aliphatic rings. The fourth-order valence-electron chi connectivity index (χ4n) is 1.98. The Morgan fingerprint density at radius 3 is 2.44 bits per heavy atom. The molecule has 1 aromatic carbocycles. The topological polar surface area (TPSA) is 20.3 Å². The summed E-state index contributed by atoms with van der Waals surface area (Å²) in [6, 6.07) is 12.0. The molecule has 0 bridgehead atoms. The Hall–Kier alpha value is -1.61. The number of nitrogens with zero attached hydrogens (tertiary/aromatic N) is 1. The van der Waals surface area contributed by atoms with Gasteiger partial charge in [-0.15, -0.1) is 11.3 Å². The molecule has 94 valence electrons. The average Bonchev–Trinajstić information content (AvgIpc) is 2.69. The van der Waals surface area contributed by atoms with Crippen molar-refractivity contribution in [3.63, 3.8) is 0 Å². The predicted octanol–water partition coefficient (Wildman–Crippen LogP) is 3.68. The minimum absolute atomic E-state index is 0.184. The van der Waals surface area contributed by atoms with E-state index in [-0.39, 0.29) is 5.78 Å². The van der Waals surface area contributed by atoms with E-state index in [1.54, 1.807) is 11.3 Å². The van der Waals surface area contributed by atoms with Crippen LogP contribution >= 0.6 is 11.3 Å². The van der Waals surface area contributed by atoms with Crippen molar-refractivity contribution < 1.29 is 4.79 Å². The molecule has 0 amide bonds. The van der Waals surface area contributed by atoms with E-state index in [1.165, 1.54) is 4.88 Å². The third-order valence-electron chi connectivity index (χ3n) is 2.92. The van der Waals surface area contributed by atoms with Gasteiger partial charge >= 0.3 is 0 Å². The number of para-hydroxylation sites is 1. The van der Waals surface area contributed by atoms with E-state index >= 15 is 0 Å². The van der Waals surface area contributed by atoms with Crippen molar-refractivity contribution in [2.75, 3.05) is 18.5 Å². The van der Waals surface area contributed by atoms with Crippen molar-refractivity contribution >= 4 is 22.8 Å². The standard InChI is InChI=1S/C15H17NOS/c1-11-9-14(12(2)18-11)15(17)10-16(3)13-7-5-4-6-8-13/h4-9H,10H2,1-3H3. The molecule has 2 rings (SSSR count). The van der Waals surface area contributed by atoms with Gasteiger partial charge < -0.3 is 4.90 Å². The molecular weight excluding hydrogens is 242 g/mol. The van der Waals surface area contributed by atoms with Gasteiger partial charge in [-0.25, -0.2) is 0 Å². The number of Topliss-reactive ketones (excluding diaryl/α,β-unsaturated/α-hetero) is 1. The number of rotatable bonds is 4. The summed E-state index contributed by atoms with van der Waals surface area (Å²) in [5.74, 6) is 0.184. The van der Waals surface area contributed by atoms with Crippen molar-refractivity contribution in [1.82, 2.24) is 0 Å². The van der Waals surface area contributed by atoms with E-state index in [0.717, 1.165) is 16.1 Å². The molecule has 3 heteroatoms. The Morgan fingerprint density at radius 2 is 1.89 bits per heavy atom. The number of hydrogen-bond acceptors (Lipinski definition) is 3. The Balaban J connectivity index is 2.10. The van der Waals surface area contributed by atoms with E-state index in [9.17, 15) is 4.79 Å². The van der Waals surface area contributed by atoms with Crippen LogP contribution in [0.25, 0.3) is 0 Å². The fourth-order valence-corrected chi connectivity index (χ4v) is 2.92. The summed E-state index contributed by atoms with van der Waals surface area (Å²) in [6.45, 7) is 4.46. The smallest absolute Gasteiger partial charge is 0.183 e. The molecule has 2 aromatic rings. The van der Waals surface area contributed by atoms with Gasteiger partial charge in [0.25, 0.3) is 0 Å². The van der Waals surface area contributed by atoms with Gasteiger partial charge in [-0.1, -0.05) is 18.2 Å². The highest BCUT2D eigenvalue weighted by Gasteiger charge is 2.14. The molecule has 0 radical (unpaired) electrons. The Labute approximate surface area is 112 Å². The van der Waals surface area contributed by atoms with Crippen molar-refractivity contribution in [1.29, 1.82) is 0 Å². The molecular formula is C15H17NOS. The van der Waals surface area contributed by atoms with Crippen molar-refractivity contribution in [2.24, 2.45) is 0 Å². The van der Waals surface area contributed by atoms with Crippen LogP contribution in [0.5, 0.6) is 0 Å². The molecule has 0 aliphatic heterocycles. The molecule has 2 nitrogen and oxygen atoms in total. The molecule has 0 fully saturated rings. The molecule has 18 heavy (non-hydrogen) atoms. The molecule has 0 atom stereocenters. The summed E-state index contributed by atoms with van der Waals surface area (Å²) in [6.07, 6.45) is 0. The number of thiophene rings is 1. The Kier molecular flexibility index (Phi) is 3.82. The van der Waals surface area contributed by atoms with Crippen LogP contribution in [0.4, 0.5) is 5.69 Å². The second-order valence-electron chi connectivity index (χ2n) is 4.44. The number of ketones is 1. The molecule has 1 heterocycles. The van der Waals surface area contributed by atoms with Gasteiger partial charge in [0.15, 0.2) is 5.78 Å². The lowest BCUT2D eigenvalue weighted by Gasteiger charge is -2.18. The van der Waals surface area contributed by atoms with Crippen LogP contribution in [-0.4, -0.2) is 19.4 Å². The lowest BCUT2D eigenvalue weighted by molar-refractivity contribution is 0.1000. The normalized spacial score (nSPS) is 10.4. The first-order valence-corrected chi connectivity index (χ1v) is 6.76. The molecule has 0 saturated carbocycles. The highest BCUT2D eigenvalue weighted by Crippen LogP contribution is 2.21. The minimum atomic E-state index is 0.184. The molecule has 0 spiro atoms. The van der Waals surface area contributed by atoms with Gasteiger partial charge in [0.1, 0.15) is 0 Å². The number of aryl methyl sites for hydroxylation is 2. The number of likely N-dealkylation sites (N-methyl/N-ethyl adjacent to an activating group) is 1. The van der Waals surface area contributed by atoms with Crippen molar-refractivity contribution in [2.45, 2.75) is 13.8 Å². The quantitative estimate of drug-likeness (QED) is 0.781. The van der Waals surface area contributed by atoms with E-state index in [2.05, 4.69) is 0 Å². The van der Waals surface area contributed by atoms with E-state index < -0.39 is 0 Å². The van der Waals surface area contributed by atoms with Gasteiger partial charge in [0, 0.05) is 28.1 Å². The highest BCUT2D eigenvalue weighted by molar-refractivity contribution is 7.12. The molecule has 0 unspecified atom stereocenters. The summed E-state index contributed by atoms with van der Waals surface area (Å²) < 4.78 is 0. The van der Waals surface area contributed by atoms with Gasteiger partial charge in [-0.2, -0.15) is 0 Å². The Morgan fingerprint density at radius 1 is 1.22 bits per heavy atom. The molecule has 0 saturated heterocycles. The first-order valence-electron chi connectivity index (χ1n) is 5.94. The number of anilines is 1. The lowest BCUT2D eigenvalue weighted by Crippen LogP contribution is -2.25. The summed E-state index contributed by atoms with van der Waals surface area (Å²) in [5.41, 5.74) is 1.93. The maximum atomic E-state index is 12.2. The highest BCUT2D eigenvalue weighted by atomic mass is 32.1. The average molecular weight is 259 g/mol. The van der Waals surface area contributed by atoms with Gasteiger partial charge in [-0.3, -0.25) is 4.79 Å². The molecule has 0 N–H and O–H groups in total. The lowest BCUT2D eigenvalue weighted by atomic mass is 10.1. The monoisotopic (exact) mass is 259 g/mol. The van der Waals surface area contributed by atoms with Crippen LogP contribution in [0.3, 0.4) is 0 Å². The maximum Gasteiger partial charge on any atom is 0.183 e. The predicted molar refractivity (Wildman–Crippen MR) is 77.8 cm³/mol. The zero-order valence-corrected chi connectivity index (χ0v) is 11.8. The second kappa shape index (κ2) is 5.36. The van der Waals surface area contributed by atoms with Gasteiger partial charge in [0.05, 0.1) is 6.54 Å². The summed E-state index contributed by atoms with van der Waals surface area (Å²) in [5, 5.41) is 0. The van der Waals surface area contributed by atoms with Crippen LogP contribution in [0.15, 0.2) is 36.4 Å². The van der Waals surface area contributed by atoms with Gasteiger partial charge in [0.2, 0.25) is 0 Å². The van der Waals surface area contributed by atoms with Crippen molar-refractivity contribution in [3.8, 4) is 0 Å². The van der Waals surface area contributed by atoms with Crippen LogP contribution < -0.4 is 4.90 Å². The second-order valence-corrected chi connectivity index (χ2v) is 5.90.